The number of hydrogen-bond acceptors (Lipinski definition) is 4. The van der Waals surface area contributed by atoms with Gasteiger partial charge in [-0.1, -0.05) is 17.7 Å². The van der Waals surface area contributed by atoms with Crippen molar-refractivity contribution in [3.63, 3.8) is 0 Å². The molecule has 1 aliphatic rings. The zero-order valence-corrected chi connectivity index (χ0v) is 15.6. The lowest BCUT2D eigenvalue weighted by Crippen LogP contribution is -2.33. The monoisotopic (exact) mass is 384 g/mol. The number of hydrogen-bond donors (Lipinski definition) is 1. The van der Waals surface area contributed by atoms with Gasteiger partial charge in [0.25, 0.3) is 5.91 Å². The summed E-state index contributed by atoms with van der Waals surface area (Å²) in [6.45, 7) is 3.62. The second-order valence-electron chi connectivity index (χ2n) is 6.82. The summed E-state index contributed by atoms with van der Waals surface area (Å²) in [5.41, 5.74) is 2.20. The van der Waals surface area contributed by atoms with Crippen molar-refractivity contribution < 1.29 is 23.5 Å². The van der Waals surface area contributed by atoms with Crippen molar-refractivity contribution in [3.8, 4) is 0 Å². The normalized spacial score (nSPS) is 17.3. The number of carbonyl (C=O) groups is 3. The van der Waals surface area contributed by atoms with Crippen LogP contribution in [-0.4, -0.2) is 30.4 Å². The average molecular weight is 384 g/mol. The highest BCUT2D eigenvalue weighted by Gasteiger charge is 2.37. The molecule has 0 radical (unpaired) electrons. The van der Waals surface area contributed by atoms with Gasteiger partial charge in [0.2, 0.25) is 5.91 Å². The Bertz CT molecular complexity index is 880. The fraction of sp³-hybridized carbons (Fsp3) is 0.286. The summed E-state index contributed by atoms with van der Waals surface area (Å²) in [5, 5.41) is 2.55. The number of nitrogens with one attached hydrogen (secondary N) is 1. The quantitative estimate of drug-likeness (QED) is 0.804. The first-order valence-corrected chi connectivity index (χ1v) is 8.97. The predicted octanol–water partition coefficient (Wildman–Crippen LogP) is 3.06. The maximum Gasteiger partial charge on any atom is 0.312 e. The van der Waals surface area contributed by atoms with Crippen molar-refractivity contribution in [2.45, 2.75) is 26.4 Å². The Kier molecular flexibility index (Phi) is 5.73. The Balaban J connectivity index is 1.56. The Morgan fingerprint density at radius 2 is 1.79 bits per heavy atom. The van der Waals surface area contributed by atoms with Crippen molar-refractivity contribution >= 4 is 29.2 Å². The van der Waals surface area contributed by atoms with Gasteiger partial charge >= 0.3 is 5.97 Å². The van der Waals surface area contributed by atoms with Crippen molar-refractivity contribution in [2.24, 2.45) is 5.92 Å². The summed E-state index contributed by atoms with van der Waals surface area (Å²) in [6, 6.07) is 12.7. The van der Waals surface area contributed by atoms with Gasteiger partial charge < -0.3 is 15.0 Å². The van der Waals surface area contributed by atoms with Gasteiger partial charge in [-0.05, 0) is 50.2 Å². The molecule has 2 aromatic rings. The van der Waals surface area contributed by atoms with Gasteiger partial charge in [0.05, 0.1) is 5.92 Å². The number of nitrogens with zero attached hydrogens (tertiary/aromatic N) is 1. The largest absolute Gasteiger partial charge is 0.452 e. The first-order valence-electron chi connectivity index (χ1n) is 8.97. The van der Waals surface area contributed by atoms with Crippen LogP contribution in [0.2, 0.25) is 0 Å². The summed E-state index contributed by atoms with van der Waals surface area (Å²) in [6.07, 6.45) is -1.000. The number of halogens is 1. The Morgan fingerprint density at radius 1 is 1.14 bits per heavy atom. The second-order valence-corrected chi connectivity index (χ2v) is 6.82. The van der Waals surface area contributed by atoms with Gasteiger partial charge in [0.15, 0.2) is 6.10 Å². The zero-order valence-electron chi connectivity index (χ0n) is 15.6. The van der Waals surface area contributed by atoms with E-state index in [9.17, 15) is 18.8 Å². The van der Waals surface area contributed by atoms with Crippen molar-refractivity contribution in [2.75, 3.05) is 16.8 Å². The molecule has 0 saturated carbocycles. The predicted molar refractivity (Wildman–Crippen MR) is 102 cm³/mol. The topological polar surface area (TPSA) is 75.7 Å². The van der Waals surface area contributed by atoms with Crippen molar-refractivity contribution in [3.05, 3.63) is 59.9 Å². The van der Waals surface area contributed by atoms with Gasteiger partial charge in [0, 0.05) is 24.3 Å². The highest BCUT2D eigenvalue weighted by atomic mass is 19.1. The van der Waals surface area contributed by atoms with Crippen LogP contribution in [-0.2, 0) is 19.1 Å². The third-order valence-corrected chi connectivity index (χ3v) is 4.58. The molecule has 2 aromatic carbocycles. The minimum atomic E-state index is -1.04. The zero-order chi connectivity index (χ0) is 20.3. The summed E-state index contributed by atoms with van der Waals surface area (Å²) >= 11 is 0. The second kappa shape index (κ2) is 8.21. The van der Waals surface area contributed by atoms with E-state index in [1.165, 1.54) is 31.2 Å². The third-order valence-electron chi connectivity index (χ3n) is 4.58. The first kappa shape index (κ1) is 19.5. The highest BCUT2D eigenvalue weighted by molar-refractivity contribution is 6.00. The number of rotatable bonds is 5. The van der Waals surface area contributed by atoms with Crippen LogP contribution in [0.15, 0.2) is 48.5 Å². The van der Waals surface area contributed by atoms with Gasteiger partial charge in [-0.15, -0.1) is 0 Å². The minimum absolute atomic E-state index is 0.0407. The molecular formula is C21H21FN2O4. The molecule has 0 bridgehead atoms. The molecular weight excluding hydrogens is 363 g/mol. The lowest BCUT2D eigenvalue weighted by atomic mass is 10.1. The number of benzene rings is 2. The molecule has 0 aromatic heterocycles. The summed E-state index contributed by atoms with van der Waals surface area (Å²) in [4.78, 5) is 38.4. The fourth-order valence-electron chi connectivity index (χ4n) is 2.94. The molecule has 28 heavy (non-hydrogen) atoms. The number of amides is 2. The lowest BCUT2D eigenvalue weighted by molar-refractivity contribution is -0.157. The van der Waals surface area contributed by atoms with Gasteiger partial charge in [-0.3, -0.25) is 14.4 Å². The first-order chi connectivity index (χ1) is 13.3. The van der Waals surface area contributed by atoms with E-state index < -0.39 is 29.7 Å². The molecule has 6 nitrogen and oxygen atoms in total. The van der Waals surface area contributed by atoms with Gasteiger partial charge in [-0.25, -0.2) is 4.39 Å². The van der Waals surface area contributed by atoms with Crippen LogP contribution >= 0.6 is 0 Å². The van der Waals surface area contributed by atoms with Crippen LogP contribution in [0.5, 0.6) is 0 Å². The number of esters is 1. The maximum absolute atomic E-state index is 12.9. The van der Waals surface area contributed by atoms with E-state index in [0.29, 0.717) is 5.69 Å². The van der Waals surface area contributed by atoms with Crippen LogP contribution in [0.1, 0.15) is 18.9 Å². The molecule has 3 rings (SSSR count). The van der Waals surface area contributed by atoms with E-state index in [-0.39, 0.29) is 18.9 Å². The van der Waals surface area contributed by atoms with Crippen LogP contribution in [0.25, 0.3) is 0 Å². The van der Waals surface area contributed by atoms with E-state index in [4.69, 9.17) is 4.74 Å². The Labute approximate surface area is 162 Å². The maximum atomic E-state index is 12.9. The molecule has 1 N–H and O–H groups in total. The van der Waals surface area contributed by atoms with Crippen LogP contribution in [0.4, 0.5) is 15.8 Å². The van der Waals surface area contributed by atoms with Gasteiger partial charge in [0.1, 0.15) is 5.82 Å². The molecule has 0 aliphatic carbocycles. The molecule has 2 atom stereocenters. The minimum Gasteiger partial charge on any atom is -0.452 e. The molecule has 1 aliphatic heterocycles. The van der Waals surface area contributed by atoms with E-state index in [0.717, 1.165) is 11.3 Å². The summed E-state index contributed by atoms with van der Waals surface area (Å²) < 4.78 is 18.2. The Hall–Kier alpha value is -3.22. The van der Waals surface area contributed by atoms with Crippen LogP contribution in [0.3, 0.4) is 0 Å². The molecule has 0 unspecified atom stereocenters. The van der Waals surface area contributed by atoms with E-state index in [1.807, 2.05) is 31.2 Å². The third kappa shape index (κ3) is 4.54. The standard InChI is InChI=1S/C21H21FN2O4/c1-13-3-9-18(10-4-13)24-12-15(11-19(24)25)21(27)28-14(2)20(26)23-17-7-5-16(22)6-8-17/h3-10,14-15H,11-12H2,1-2H3,(H,23,26)/t14-,15-/m0/s1. The Morgan fingerprint density at radius 3 is 2.43 bits per heavy atom. The molecule has 2 amide bonds. The smallest absolute Gasteiger partial charge is 0.312 e. The molecule has 0 spiro atoms. The van der Waals surface area contributed by atoms with E-state index in [1.54, 1.807) is 4.90 Å². The molecule has 1 heterocycles. The van der Waals surface area contributed by atoms with Gasteiger partial charge in [-0.2, -0.15) is 0 Å². The van der Waals surface area contributed by atoms with Crippen molar-refractivity contribution in [1.82, 2.24) is 0 Å². The molecule has 7 heteroatoms. The lowest BCUT2D eigenvalue weighted by Gasteiger charge is -2.18. The number of aryl methyl sites for hydroxylation is 1. The van der Waals surface area contributed by atoms with Crippen molar-refractivity contribution in [1.29, 1.82) is 0 Å². The molecule has 1 fully saturated rings. The summed E-state index contributed by atoms with van der Waals surface area (Å²) in [5.74, 6) is -2.32. The molecule has 1 saturated heterocycles. The van der Waals surface area contributed by atoms with Crippen LogP contribution in [0, 0.1) is 18.7 Å². The SMILES string of the molecule is Cc1ccc(N2C[C@@H](C(=O)O[C@@H](C)C(=O)Nc3ccc(F)cc3)CC2=O)cc1. The average Bonchev–Trinajstić information content (AvgIpc) is 3.06. The summed E-state index contributed by atoms with van der Waals surface area (Å²) in [7, 11) is 0. The number of anilines is 2. The molecule has 146 valence electrons. The number of carbonyl (C=O) groups excluding carboxylic acids is 3. The highest BCUT2D eigenvalue weighted by Crippen LogP contribution is 2.26. The van der Waals surface area contributed by atoms with Crippen LogP contribution < -0.4 is 10.2 Å². The van der Waals surface area contributed by atoms with E-state index >= 15 is 0 Å². The fourth-order valence-corrected chi connectivity index (χ4v) is 2.94. The number of ether oxygens (including phenoxy) is 1. The van der Waals surface area contributed by atoms with E-state index in [2.05, 4.69) is 5.32 Å².